The summed E-state index contributed by atoms with van der Waals surface area (Å²) in [6.45, 7) is 0. The average molecular weight is 410 g/mol. The van der Waals surface area contributed by atoms with Crippen molar-refractivity contribution >= 4 is 40.0 Å². The van der Waals surface area contributed by atoms with Gasteiger partial charge in [-0.05, 0) is 36.4 Å². The van der Waals surface area contributed by atoms with Gasteiger partial charge >= 0.3 is 0 Å². The zero-order valence-corrected chi connectivity index (χ0v) is 15.8. The number of aliphatic hydroxyl groups excluding tert-OH is 1. The predicted molar refractivity (Wildman–Crippen MR) is 107 cm³/mol. The van der Waals surface area contributed by atoms with E-state index in [2.05, 4.69) is 20.2 Å². The Kier molecular flexibility index (Phi) is 5.02. The highest BCUT2D eigenvalue weighted by Gasteiger charge is 2.15. The zero-order valence-electron chi connectivity index (χ0n) is 14.3. The SMILES string of the molecule is N#C/C(=C(/O)CSc1nnc(-c2ccc(Cl)cc2)o1)c1nc2ccccc2[nH]1. The number of aromatic nitrogens is 4. The van der Waals surface area contributed by atoms with E-state index in [9.17, 15) is 10.4 Å². The summed E-state index contributed by atoms with van der Waals surface area (Å²) < 4.78 is 5.58. The van der Waals surface area contributed by atoms with E-state index in [1.807, 2.05) is 30.3 Å². The molecule has 4 rings (SSSR count). The molecule has 2 aromatic heterocycles. The van der Waals surface area contributed by atoms with Crippen molar-refractivity contribution in [3.05, 3.63) is 65.1 Å². The number of para-hydroxylation sites is 2. The lowest BCUT2D eigenvalue weighted by molar-refractivity contribution is 0.418. The minimum Gasteiger partial charge on any atom is -0.510 e. The molecule has 0 spiro atoms. The number of aliphatic hydroxyl groups is 1. The molecule has 0 fully saturated rings. The first kappa shape index (κ1) is 18.1. The number of thioether (sulfide) groups is 1. The molecule has 28 heavy (non-hydrogen) atoms. The number of benzene rings is 2. The molecule has 0 unspecified atom stereocenters. The van der Waals surface area contributed by atoms with Gasteiger partial charge in [0.05, 0.1) is 16.8 Å². The standard InChI is InChI=1S/C19H12ClN5O2S/c20-12-7-5-11(6-8-12)18-24-25-19(27-18)28-10-16(26)13(9-21)17-22-14-3-1-2-4-15(14)23-17/h1-8,26H,10H2,(H,22,23)/b16-13-. The van der Waals surface area contributed by atoms with Gasteiger partial charge in [0, 0.05) is 10.6 Å². The molecular weight excluding hydrogens is 398 g/mol. The van der Waals surface area contributed by atoms with Crippen molar-refractivity contribution < 1.29 is 9.52 Å². The summed E-state index contributed by atoms with van der Waals surface area (Å²) in [5.41, 5.74) is 2.31. The number of hydrogen-bond acceptors (Lipinski definition) is 7. The Hall–Kier alpha value is -3.28. The molecule has 9 heteroatoms. The number of nitrogens with one attached hydrogen (secondary N) is 1. The Morgan fingerprint density at radius 3 is 2.71 bits per heavy atom. The molecule has 4 aromatic rings. The summed E-state index contributed by atoms with van der Waals surface area (Å²) >= 11 is 7.00. The quantitative estimate of drug-likeness (QED) is 0.275. The first-order valence-electron chi connectivity index (χ1n) is 8.13. The number of aromatic amines is 1. The van der Waals surface area contributed by atoms with E-state index < -0.39 is 0 Å². The average Bonchev–Trinajstić information content (AvgIpc) is 3.34. The Labute approximate surface area is 168 Å². The number of nitrogens with zero attached hydrogens (tertiary/aromatic N) is 4. The van der Waals surface area contributed by atoms with Gasteiger partial charge in [0.1, 0.15) is 17.4 Å². The van der Waals surface area contributed by atoms with Gasteiger partial charge in [-0.2, -0.15) is 5.26 Å². The Balaban J connectivity index is 1.51. The molecule has 0 aliphatic carbocycles. The van der Waals surface area contributed by atoms with E-state index in [-0.39, 0.29) is 22.3 Å². The first-order chi connectivity index (χ1) is 13.6. The van der Waals surface area contributed by atoms with Gasteiger partial charge in [-0.15, -0.1) is 10.2 Å². The van der Waals surface area contributed by atoms with Crippen LogP contribution in [0.25, 0.3) is 28.1 Å². The van der Waals surface area contributed by atoms with Crippen molar-refractivity contribution in [1.29, 1.82) is 5.26 Å². The summed E-state index contributed by atoms with van der Waals surface area (Å²) in [4.78, 5) is 7.38. The third kappa shape index (κ3) is 3.71. The van der Waals surface area contributed by atoms with Crippen LogP contribution < -0.4 is 0 Å². The number of halogens is 1. The van der Waals surface area contributed by atoms with Gasteiger partial charge in [-0.25, -0.2) is 4.98 Å². The Bertz CT molecular complexity index is 1170. The maximum Gasteiger partial charge on any atom is 0.277 e. The van der Waals surface area contributed by atoms with Gasteiger partial charge in [0.2, 0.25) is 5.89 Å². The number of fused-ring (bicyclic) bond motifs is 1. The monoisotopic (exact) mass is 409 g/mol. The van der Waals surface area contributed by atoms with Crippen LogP contribution in [-0.4, -0.2) is 31.0 Å². The molecule has 2 aromatic carbocycles. The van der Waals surface area contributed by atoms with Crippen molar-refractivity contribution in [2.24, 2.45) is 0 Å². The Morgan fingerprint density at radius 2 is 1.96 bits per heavy atom. The highest BCUT2D eigenvalue weighted by Crippen LogP contribution is 2.27. The first-order valence-corrected chi connectivity index (χ1v) is 9.50. The van der Waals surface area contributed by atoms with E-state index in [0.29, 0.717) is 16.7 Å². The van der Waals surface area contributed by atoms with Crippen molar-refractivity contribution in [3.63, 3.8) is 0 Å². The molecule has 0 saturated heterocycles. The van der Waals surface area contributed by atoms with Crippen LogP contribution in [0.2, 0.25) is 5.02 Å². The van der Waals surface area contributed by atoms with E-state index >= 15 is 0 Å². The summed E-state index contributed by atoms with van der Waals surface area (Å²) in [7, 11) is 0. The maximum atomic E-state index is 10.4. The molecule has 7 nitrogen and oxygen atoms in total. The van der Waals surface area contributed by atoms with E-state index in [1.54, 1.807) is 24.3 Å². The summed E-state index contributed by atoms with van der Waals surface area (Å²) in [5, 5.41) is 28.6. The second-order valence-corrected chi connectivity index (χ2v) is 7.07. The van der Waals surface area contributed by atoms with Crippen molar-refractivity contribution in [1.82, 2.24) is 20.2 Å². The van der Waals surface area contributed by atoms with Crippen LogP contribution in [0.4, 0.5) is 0 Å². The van der Waals surface area contributed by atoms with Gasteiger partial charge in [0.15, 0.2) is 5.82 Å². The van der Waals surface area contributed by atoms with Crippen LogP contribution in [-0.2, 0) is 0 Å². The second kappa shape index (κ2) is 7.76. The topological polar surface area (TPSA) is 112 Å². The van der Waals surface area contributed by atoms with Gasteiger partial charge < -0.3 is 14.5 Å². The lowest BCUT2D eigenvalue weighted by Crippen LogP contribution is -1.95. The van der Waals surface area contributed by atoms with Crippen LogP contribution in [0, 0.1) is 11.3 Å². The molecule has 0 radical (unpaired) electrons. The number of rotatable bonds is 5. The third-order valence-corrected chi connectivity index (χ3v) is 4.94. The maximum absolute atomic E-state index is 10.4. The largest absolute Gasteiger partial charge is 0.510 e. The van der Waals surface area contributed by atoms with Gasteiger partial charge in [-0.1, -0.05) is 35.5 Å². The van der Waals surface area contributed by atoms with Crippen LogP contribution in [0.15, 0.2) is 63.9 Å². The minimum atomic E-state index is -0.127. The minimum absolute atomic E-state index is 0.0705. The normalized spacial score (nSPS) is 12.0. The van der Waals surface area contributed by atoms with Crippen molar-refractivity contribution in [2.75, 3.05) is 5.75 Å². The molecular formula is C19H12ClN5O2S. The lowest BCUT2D eigenvalue weighted by atomic mass is 10.2. The highest BCUT2D eigenvalue weighted by atomic mass is 35.5. The molecule has 0 saturated carbocycles. The molecule has 2 N–H and O–H groups in total. The highest BCUT2D eigenvalue weighted by molar-refractivity contribution is 7.99. The van der Waals surface area contributed by atoms with E-state index in [1.165, 1.54) is 0 Å². The van der Waals surface area contributed by atoms with Crippen LogP contribution in [0.1, 0.15) is 5.82 Å². The number of allylic oxidation sites excluding steroid dienone is 1. The van der Waals surface area contributed by atoms with Gasteiger partial charge in [0.25, 0.3) is 5.22 Å². The smallest absolute Gasteiger partial charge is 0.277 e. The number of nitriles is 1. The number of hydrogen-bond donors (Lipinski definition) is 2. The van der Waals surface area contributed by atoms with E-state index in [4.69, 9.17) is 16.0 Å². The second-order valence-electron chi connectivity index (χ2n) is 5.70. The number of imidazole rings is 1. The molecule has 0 atom stereocenters. The third-order valence-electron chi connectivity index (χ3n) is 3.86. The van der Waals surface area contributed by atoms with Crippen molar-refractivity contribution in [3.8, 4) is 17.5 Å². The fraction of sp³-hybridized carbons (Fsp3) is 0.0526. The van der Waals surface area contributed by atoms with Crippen LogP contribution in [0.3, 0.4) is 0 Å². The molecule has 2 heterocycles. The fourth-order valence-electron chi connectivity index (χ4n) is 2.50. The number of H-pyrrole nitrogens is 1. The van der Waals surface area contributed by atoms with Gasteiger partial charge in [-0.3, -0.25) is 0 Å². The molecule has 0 bridgehead atoms. The lowest BCUT2D eigenvalue weighted by Gasteiger charge is -2.00. The molecule has 0 amide bonds. The summed E-state index contributed by atoms with van der Waals surface area (Å²) in [6, 6.07) is 16.4. The molecule has 138 valence electrons. The Morgan fingerprint density at radius 1 is 1.18 bits per heavy atom. The zero-order chi connectivity index (χ0) is 19.5. The van der Waals surface area contributed by atoms with Crippen LogP contribution >= 0.6 is 23.4 Å². The van der Waals surface area contributed by atoms with Crippen molar-refractivity contribution in [2.45, 2.75) is 5.22 Å². The predicted octanol–water partition coefficient (Wildman–Crippen LogP) is 4.85. The summed E-state index contributed by atoms with van der Waals surface area (Å²) in [5.74, 6) is 0.620. The molecule has 0 aliphatic rings. The molecule has 0 aliphatic heterocycles. The van der Waals surface area contributed by atoms with Crippen LogP contribution in [0.5, 0.6) is 0 Å². The fourth-order valence-corrected chi connectivity index (χ4v) is 3.27. The van der Waals surface area contributed by atoms with E-state index in [0.717, 1.165) is 28.4 Å². The summed E-state index contributed by atoms with van der Waals surface area (Å²) in [6.07, 6.45) is 0.